The Morgan fingerprint density at radius 3 is 2.83 bits per heavy atom. The number of amidine groups is 1. The van der Waals surface area contributed by atoms with E-state index in [1.807, 2.05) is 49.4 Å². The normalized spacial score (nSPS) is 19.6. The maximum absolute atomic E-state index is 11.9. The quantitative estimate of drug-likeness (QED) is 0.641. The number of amides is 1. The summed E-state index contributed by atoms with van der Waals surface area (Å²) in [7, 11) is 0. The highest BCUT2D eigenvalue weighted by molar-refractivity contribution is 5.95. The predicted molar refractivity (Wildman–Crippen MR) is 116 cm³/mol. The van der Waals surface area contributed by atoms with E-state index >= 15 is 0 Å². The van der Waals surface area contributed by atoms with E-state index in [0.717, 1.165) is 24.1 Å². The lowest BCUT2D eigenvalue weighted by Gasteiger charge is -2.17. The van der Waals surface area contributed by atoms with E-state index in [0.29, 0.717) is 23.8 Å². The number of nitrogens with one attached hydrogen (secondary N) is 3. The van der Waals surface area contributed by atoms with Crippen LogP contribution in [0.3, 0.4) is 0 Å². The van der Waals surface area contributed by atoms with E-state index in [2.05, 4.69) is 31.1 Å². The molecule has 1 aromatic carbocycles. The van der Waals surface area contributed by atoms with Crippen LogP contribution in [0.4, 0.5) is 11.5 Å². The van der Waals surface area contributed by atoms with E-state index < -0.39 is 0 Å². The molecular weight excluding hydrogens is 380 g/mol. The third-order valence-corrected chi connectivity index (χ3v) is 4.60. The maximum Gasteiger partial charge on any atom is 0.227 e. The smallest absolute Gasteiger partial charge is 0.227 e. The fourth-order valence-electron chi connectivity index (χ4n) is 2.85. The van der Waals surface area contributed by atoms with E-state index in [1.165, 1.54) is 6.07 Å². The number of aliphatic imine (C=N–C) groups is 1. The number of anilines is 1. The van der Waals surface area contributed by atoms with Crippen molar-refractivity contribution < 1.29 is 9.59 Å². The van der Waals surface area contributed by atoms with Gasteiger partial charge in [0.1, 0.15) is 11.5 Å². The largest absolute Gasteiger partial charge is 0.326 e. The second kappa shape index (κ2) is 8.79. The van der Waals surface area contributed by atoms with Crippen molar-refractivity contribution >= 4 is 41.7 Å². The van der Waals surface area contributed by atoms with Gasteiger partial charge in [-0.25, -0.2) is 20.4 Å². The Morgan fingerprint density at radius 2 is 2.10 bits per heavy atom. The molecule has 0 bridgehead atoms. The molecule has 30 heavy (non-hydrogen) atoms. The lowest BCUT2D eigenvalue weighted by Crippen LogP contribution is -2.44. The van der Waals surface area contributed by atoms with Crippen LogP contribution in [-0.2, 0) is 4.79 Å². The molecule has 1 aliphatic carbocycles. The topological polar surface area (TPSA) is 108 Å². The molecule has 1 amide bonds. The molecular formula is C22H22N6O2. The third kappa shape index (κ3) is 5.24. The third-order valence-electron chi connectivity index (χ3n) is 4.60. The van der Waals surface area contributed by atoms with Gasteiger partial charge in [0.05, 0.1) is 0 Å². The minimum atomic E-state index is 0.0659. The number of carbonyl (C=O) groups excluding carboxylic acids is 2. The summed E-state index contributed by atoms with van der Waals surface area (Å²) in [4.78, 5) is 36.3. The lowest BCUT2D eigenvalue weighted by atomic mass is 10.2. The van der Waals surface area contributed by atoms with Crippen molar-refractivity contribution in [2.45, 2.75) is 25.8 Å². The first-order valence-corrected chi connectivity index (χ1v) is 9.81. The SMILES string of the molecule is CC1C=CC(=Nc2cc(C=O)nc(/C=C/c3cccc(NC(=O)C4CC4)c3)n2)NN1. The van der Waals surface area contributed by atoms with Gasteiger partial charge < -0.3 is 10.7 Å². The summed E-state index contributed by atoms with van der Waals surface area (Å²) >= 11 is 0. The second-order valence-corrected chi connectivity index (χ2v) is 7.26. The Balaban J connectivity index is 1.53. The van der Waals surface area contributed by atoms with Gasteiger partial charge in [0, 0.05) is 23.7 Å². The Bertz CT molecular complexity index is 1060. The zero-order valence-electron chi connectivity index (χ0n) is 16.5. The van der Waals surface area contributed by atoms with Gasteiger partial charge >= 0.3 is 0 Å². The van der Waals surface area contributed by atoms with Gasteiger partial charge in [-0.15, -0.1) is 0 Å². The molecule has 2 aromatic rings. The van der Waals surface area contributed by atoms with Crippen LogP contribution in [0.1, 0.15) is 41.6 Å². The zero-order valence-corrected chi connectivity index (χ0v) is 16.5. The molecule has 2 aliphatic rings. The number of aldehydes is 1. The first-order valence-electron chi connectivity index (χ1n) is 9.81. The molecule has 2 heterocycles. The van der Waals surface area contributed by atoms with E-state index in [-0.39, 0.29) is 23.6 Å². The van der Waals surface area contributed by atoms with Crippen LogP contribution in [0.15, 0.2) is 47.5 Å². The molecule has 4 rings (SSSR count). The summed E-state index contributed by atoms with van der Waals surface area (Å²) in [6.45, 7) is 2.00. The number of nitrogens with zero attached hydrogens (tertiary/aromatic N) is 3. The standard InChI is InChI=1S/C22H22N6O2/c1-14-5-9-20(28-27-14)26-21-12-18(13-29)23-19(25-21)10-6-15-3-2-4-17(11-15)24-22(30)16-7-8-16/h2-6,9-14,16,27H,7-8H2,1H3,(H,24,30)(H,23,25,26,28)/b10-6+. The van der Waals surface area contributed by atoms with Crippen molar-refractivity contribution in [3.63, 3.8) is 0 Å². The first kappa shape index (κ1) is 19.7. The molecule has 1 aliphatic heterocycles. The van der Waals surface area contributed by atoms with Gasteiger partial charge in [-0.05, 0) is 49.6 Å². The van der Waals surface area contributed by atoms with Gasteiger partial charge in [-0.2, -0.15) is 0 Å². The van der Waals surface area contributed by atoms with Crippen LogP contribution in [0.2, 0.25) is 0 Å². The van der Waals surface area contributed by atoms with Gasteiger partial charge in [-0.3, -0.25) is 9.59 Å². The van der Waals surface area contributed by atoms with Crippen molar-refractivity contribution in [2.24, 2.45) is 10.9 Å². The van der Waals surface area contributed by atoms with Crippen molar-refractivity contribution in [1.29, 1.82) is 0 Å². The Labute approximate surface area is 174 Å². The Kier molecular flexibility index (Phi) is 5.76. The molecule has 1 atom stereocenters. The Hall–Kier alpha value is -3.65. The first-order chi connectivity index (χ1) is 14.6. The second-order valence-electron chi connectivity index (χ2n) is 7.26. The lowest BCUT2D eigenvalue weighted by molar-refractivity contribution is -0.117. The average Bonchev–Trinajstić information content (AvgIpc) is 3.60. The molecule has 1 fully saturated rings. The summed E-state index contributed by atoms with van der Waals surface area (Å²) in [5.41, 5.74) is 7.90. The minimum Gasteiger partial charge on any atom is -0.326 e. The fourth-order valence-corrected chi connectivity index (χ4v) is 2.85. The van der Waals surface area contributed by atoms with Crippen molar-refractivity contribution in [3.05, 3.63) is 59.6 Å². The van der Waals surface area contributed by atoms with Gasteiger partial charge in [0.15, 0.2) is 17.9 Å². The molecule has 8 heteroatoms. The fraction of sp³-hybridized carbons (Fsp3) is 0.227. The summed E-state index contributed by atoms with van der Waals surface area (Å²) in [5, 5.41) is 2.93. The molecule has 1 aromatic heterocycles. The minimum absolute atomic E-state index is 0.0659. The number of aromatic nitrogens is 2. The monoisotopic (exact) mass is 402 g/mol. The van der Waals surface area contributed by atoms with Gasteiger partial charge in [0.25, 0.3) is 0 Å². The highest BCUT2D eigenvalue weighted by Crippen LogP contribution is 2.30. The summed E-state index contributed by atoms with van der Waals surface area (Å²) in [6.07, 6.45) is 9.94. The van der Waals surface area contributed by atoms with Gasteiger partial charge in [0.2, 0.25) is 5.91 Å². The van der Waals surface area contributed by atoms with E-state index in [9.17, 15) is 9.59 Å². The van der Waals surface area contributed by atoms with Crippen molar-refractivity contribution in [3.8, 4) is 0 Å². The Morgan fingerprint density at radius 1 is 1.23 bits per heavy atom. The van der Waals surface area contributed by atoms with E-state index in [1.54, 1.807) is 6.08 Å². The van der Waals surface area contributed by atoms with Crippen LogP contribution >= 0.6 is 0 Å². The van der Waals surface area contributed by atoms with Gasteiger partial charge in [-0.1, -0.05) is 24.3 Å². The van der Waals surface area contributed by atoms with Crippen LogP contribution < -0.4 is 16.2 Å². The van der Waals surface area contributed by atoms with E-state index in [4.69, 9.17) is 0 Å². The molecule has 152 valence electrons. The predicted octanol–water partition coefficient (Wildman–Crippen LogP) is 2.89. The number of carbonyl (C=O) groups is 2. The van der Waals surface area contributed by atoms with Crippen LogP contribution in [0.25, 0.3) is 12.2 Å². The molecule has 3 N–H and O–H groups in total. The molecule has 0 radical (unpaired) electrons. The average molecular weight is 402 g/mol. The highest BCUT2D eigenvalue weighted by Gasteiger charge is 2.29. The number of hydrazine groups is 1. The van der Waals surface area contributed by atoms with Crippen molar-refractivity contribution in [2.75, 3.05) is 5.32 Å². The molecule has 1 saturated carbocycles. The molecule has 0 spiro atoms. The molecule has 1 unspecified atom stereocenters. The highest BCUT2D eigenvalue weighted by atomic mass is 16.2. The zero-order chi connectivity index (χ0) is 20.9. The molecule has 8 nitrogen and oxygen atoms in total. The van der Waals surface area contributed by atoms with Crippen molar-refractivity contribution in [1.82, 2.24) is 20.8 Å². The van der Waals surface area contributed by atoms with Crippen LogP contribution in [0, 0.1) is 5.92 Å². The summed E-state index contributed by atoms with van der Waals surface area (Å²) in [5.74, 6) is 1.55. The number of hydrogen-bond donors (Lipinski definition) is 3. The maximum atomic E-state index is 11.9. The number of rotatable bonds is 6. The number of hydrogen-bond acceptors (Lipinski definition) is 6. The summed E-state index contributed by atoms with van der Waals surface area (Å²) in [6, 6.07) is 9.25. The van der Waals surface area contributed by atoms with Crippen LogP contribution in [0.5, 0.6) is 0 Å². The molecule has 0 saturated heterocycles. The number of benzene rings is 1. The van der Waals surface area contributed by atoms with Crippen LogP contribution in [-0.4, -0.2) is 34.0 Å². The summed E-state index contributed by atoms with van der Waals surface area (Å²) < 4.78 is 0.